The SMILES string of the molecule is CC(ON)c1cc(Cl)nnc1Cl. The molecule has 0 aliphatic carbocycles. The van der Waals surface area contributed by atoms with Gasteiger partial charge in [0.05, 0.1) is 0 Å². The Kier molecular flexibility index (Phi) is 3.22. The second-order valence-corrected chi connectivity index (χ2v) is 2.94. The zero-order chi connectivity index (χ0) is 9.14. The molecule has 2 N–H and O–H groups in total. The molecule has 0 spiro atoms. The van der Waals surface area contributed by atoms with Crippen LogP contribution in [0.5, 0.6) is 0 Å². The van der Waals surface area contributed by atoms with Crippen molar-refractivity contribution in [2.24, 2.45) is 5.90 Å². The summed E-state index contributed by atoms with van der Waals surface area (Å²) in [6.07, 6.45) is -0.342. The molecule has 0 bridgehead atoms. The Morgan fingerprint density at radius 2 is 2.17 bits per heavy atom. The quantitative estimate of drug-likeness (QED) is 0.751. The Labute approximate surface area is 79.6 Å². The van der Waals surface area contributed by atoms with Crippen LogP contribution in [-0.2, 0) is 4.84 Å². The molecule has 0 aliphatic rings. The van der Waals surface area contributed by atoms with Crippen molar-refractivity contribution in [1.82, 2.24) is 10.2 Å². The molecule has 0 amide bonds. The van der Waals surface area contributed by atoms with E-state index in [4.69, 9.17) is 29.1 Å². The Morgan fingerprint density at radius 3 is 2.75 bits per heavy atom. The van der Waals surface area contributed by atoms with Crippen molar-refractivity contribution in [2.45, 2.75) is 13.0 Å². The molecule has 0 aliphatic heterocycles. The van der Waals surface area contributed by atoms with Gasteiger partial charge in [-0.3, -0.25) is 4.84 Å². The van der Waals surface area contributed by atoms with Gasteiger partial charge < -0.3 is 0 Å². The van der Waals surface area contributed by atoms with Crippen molar-refractivity contribution >= 4 is 23.2 Å². The van der Waals surface area contributed by atoms with E-state index >= 15 is 0 Å². The number of aromatic nitrogens is 2. The summed E-state index contributed by atoms with van der Waals surface area (Å²) in [6.45, 7) is 1.74. The molecule has 0 radical (unpaired) electrons. The summed E-state index contributed by atoms with van der Waals surface area (Å²) >= 11 is 11.3. The highest BCUT2D eigenvalue weighted by Gasteiger charge is 2.11. The molecule has 1 aromatic heterocycles. The monoisotopic (exact) mass is 207 g/mol. The highest BCUT2D eigenvalue weighted by Crippen LogP contribution is 2.23. The van der Waals surface area contributed by atoms with Crippen molar-refractivity contribution in [3.63, 3.8) is 0 Å². The lowest BCUT2D eigenvalue weighted by Crippen LogP contribution is -2.07. The zero-order valence-electron chi connectivity index (χ0n) is 6.29. The van der Waals surface area contributed by atoms with Crippen LogP contribution >= 0.6 is 23.2 Å². The Morgan fingerprint density at radius 1 is 1.50 bits per heavy atom. The van der Waals surface area contributed by atoms with Gasteiger partial charge in [0, 0.05) is 5.56 Å². The van der Waals surface area contributed by atoms with E-state index in [0.717, 1.165) is 0 Å². The predicted molar refractivity (Wildman–Crippen MR) is 45.7 cm³/mol. The fourth-order valence-corrected chi connectivity index (χ4v) is 1.13. The first kappa shape index (κ1) is 9.67. The fourth-order valence-electron chi connectivity index (χ4n) is 0.725. The minimum Gasteiger partial charge on any atom is -0.297 e. The van der Waals surface area contributed by atoms with Crippen LogP contribution in [0, 0.1) is 0 Å². The number of hydrogen-bond donors (Lipinski definition) is 1. The number of nitrogens with two attached hydrogens (primary N) is 1. The lowest BCUT2D eigenvalue weighted by molar-refractivity contribution is 0.0661. The van der Waals surface area contributed by atoms with Crippen LogP contribution in [0.3, 0.4) is 0 Å². The lowest BCUT2D eigenvalue weighted by atomic mass is 10.2. The van der Waals surface area contributed by atoms with Crippen molar-refractivity contribution in [3.05, 3.63) is 21.9 Å². The molecule has 4 nitrogen and oxygen atoms in total. The van der Waals surface area contributed by atoms with E-state index < -0.39 is 0 Å². The smallest absolute Gasteiger partial charge is 0.157 e. The Hall–Kier alpha value is -0.420. The average molecular weight is 208 g/mol. The van der Waals surface area contributed by atoms with Gasteiger partial charge in [0.15, 0.2) is 10.3 Å². The molecule has 1 atom stereocenters. The van der Waals surface area contributed by atoms with Crippen molar-refractivity contribution in [3.8, 4) is 0 Å². The normalized spacial score (nSPS) is 13.0. The van der Waals surface area contributed by atoms with Gasteiger partial charge in [0.1, 0.15) is 6.10 Å². The summed E-state index contributed by atoms with van der Waals surface area (Å²) in [6, 6.07) is 1.56. The van der Waals surface area contributed by atoms with Gasteiger partial charge in [0.25, 0.3) is 0 Å². The summed E-state index contributed by atoms with van der Waals surface area (Å²) in [7, 11) is 0. The minimum atomic E-state index is -0.342. The fraction of sp³-hybridized carbons (Fsp3) is 0.333. The van der Waals surface area contributed by atoms with Crippen LogP contribution in [-0.4, -0.2) is 10.2 Å². The minimum absolute atomic E-state index is 0.248. The molecule has 0 aromatic carbocycles. The molecule has 0 fully saturated rings. The maximum absolute atomic E-state index is 5.70. The number of halogens is 2. The third-order valence-corrected chi connectivity index (χ3v) is 1.87. The molecule has 1 aromatic rings. The zero-order valence-corrected chi connectivity index (χ0v) is 7.80. The van der Waals surface area contributed by atoms with E-state index in [-0.39, 0.29) is 16.4 Å². The predicted octanol–water partition coefficient (Wildman–Crippen LogP) is 1.73. The molecular weight excluding hydrogens is 201 g/mol. The number of rotatable bonds is 2. The first-order valence-electron chi connectivity index (χ1n) is 3.19. The van der Waals surface area contributed by atoms with Crippen molar-refractivity contribution in [1.29, 1.82) is 0 Å². The second kappa shape index (κ2) is 4.00. The topological polar surface area (TPSA) is 61.0 Å². The average Bonchev–Trinajstić information content (AvgIpc) is 2.08. The van der Waals surface area contributed by atoms with Crippen LogP contribution in [0.1, 0.15) is 18.6 Å². The summed E-state index contributed by atoms with van der Waals surface area (Å²) in [5.41, 5.74) is 0.624. The van der Waals surface area contributed by atoms with Crippen molar-refractivity contribution in [2.75, 3.05) is 0 Å². The van der Waals surface area contributed by atoms with Crippen LogP contribution in [0.25, 0.3) is 0 Å². The summed E-state index contributed by atoms with van der Waals surface area (Å²) in [4.78, 5) is 4.56. The van der Waals surface area contributed by atoms with Crippen molar-refractivity contribution < 1.29 is 4.84 Å². The van der Waals surface area contributed by atoms with Gasteiger partial charge in [0.2, 0.25) is 0 Å². The largest absolute Gasteiger partial charge is 0.297 e. The van der Waals surface area contributed by atoms with E-state index in [1.807, 2.05) is 0 Å². The molecule has 1 unspecified atom stereocenters. The summed E-state index contributed by atoms with van der Waals surface area (Å²) < 4.78 is 0. The summed E-state index contributed by atoms with van der Waals surface area (Å²) in [5.74, 6) is 4.97. The third kappa shape index (κ3) is 2.04. The first-order chi connectivity index (χ1) is 5.65. The number of nitrogens with zero attached hydrogens (tertiary/aromatic N) is 2. The van der Waals surface area contributed by atoms with E-state index in [0.29, 0.717) is 5.56 Å². The molecule has 1 heterocycles. The molecule has 12 heavy (non-hydrogen) atoms. The first-order valence-corrected chi connectivity index (χ1v) is 3.95. The van der Waals surface area contributed by atoms with Gasteiger partial charge in [-0.05, 0) is 13.0 Å². The maximum Gasteiger partial charge on any atom is 0.157 e. The Balaban J connectivity index is 3.04. The van der Waals surface area contributed by atoms with Gasteiger partial charge >= 0.3 is 0 Å². The second-order valence-electron chi connectivity index (χ2n) is 2.19. The van der Waals surface area contributed by atoms with Gasteiger partial charge in [-0.25, -0.2) is 5.90 Å². The standard InChI is InChI=1S/C6H7Cl2N3O/c1-3(12-9)4-2-5(7)10-11-6(4)8/h2-3H,9H2,1H3. The van der Waals surface area contributed by atoms with E-state index in [1.54, 1.807) is 13.0 Å². The Bertz CT molecular complexity index is 281. The van der Waals surface area contributed by atoms with Crippen LogP contribution in [0.2, 0.25) is 10.3 Å². The van der Waals surface area contributed by atoms with Gasteiger partial charge in [-0.15, -0.1) is 10.2 Å². The molecule has 1 rings (SSSR count). The number of hydrogen-bond acceptors (Lipinski definition) is 4. The molecule has 66 valence electrons. The van der Waals surface area contributed by atoms with E-state index in [9.17, 15) is 0 Å². The van der Waals surface area contributed by atoms with E-state index in [2.05, 4.69) is 15.0 Å². The van der Waals surface area contributed by atoms with Gasteiger partial charge in [-0.1, -0.05) is 23.2 Å². The molecule has 6 heteroatoms. The highest BCUT2D eigenvalue weighted by molar-refractivity contribution is 6.31. The third-order valence-electron chi connectivity index (χ3n) is 1.39. The molecule has 0 saturated heterocycles. The van der Waals surface area contributed by atoms with Gasteiger partial charge in [-0.2, -0.15) is 0 Å². The maximum atomic E-state index is 5.70. The highest BCUT2D eigenvalue weighted by atomic mass is 35.5. The van der Waals surface area contributed by atoms with Crippen LogP contribution < -0.4 is 5.90 Å². The lowest BCUT2D eigenvalue weighted by Gasteiger charge is -2.08. The summed E-state index contributed by atoms with van der Waals surface area (Å²) in [5, 5.41) is 7.65. The van der Waals surface area contributed by atoms with Crippen LogP contribution in [0.4, 0.5) is 0 Å². The molecule has 0 saturated carbocycles. The molecular formula is C6H7Cl2N3O. The van der Waals surface area contributed by atoms with E-state index in [1.165, 1.54) is 0 Å². The van der Waals surface area contributed by atoms with Crippen LogP contribution in [0.15, 0.2) is 6.07 Å².